The minimum atomic E-state index is 0.0795. The third-order valence-electron chi connectivity index (χ3n) is 6.42. The zero-order chi connectivity index (χ0) is 20.0. The molecule has 0 radical (unpaired) electrons. The molecule has 1 aromatic heterocycles. The Morgan fingerprint density at radius 2 is 1.86 bits per heavy atom. The minimum absolute atomic E-state index is 0.0795. The standard InChI is InChI=1S/C24H26N2O3/c1-16-22(24(27)17-6-8-20(28-2)9-7-17)21-5-3-4-18-14-19(15-26(16)23(18)21)25-10-12-29-13-11-25/h3-9,19H,10-15H2,1-2H3/t19-/m0/s1. The maximum absolute atomic E-state index is 13.4. The van der Waals surface area contributed by atoms with Crippen LogP contribution >= 0.6 is 0 Å². The average molecular weight is 390 g/mol. The second kappa shape index (κ2) is 7.32. The van der Waals surface area contributed by atoms with Crippen LogP contribution in [0.5, 0.6) is 5.75 Å². The highest BCUT2D eigenvalue weighted by Gasteiger charge is 2.31. The van der Waals surface area contributed by atoms with E-state index < -0.39 is 0 Å². The Kier molecular flexibility index (Phi) is 4.64. The highest BCUT2D eigenvalue weighted by atomic mass is 16.5. The van der Waals surface area contributed by atoms with Crippen LogP contribution in [0.3, 0.4) is 0 Å². The largest absolute Gasteiger partial charge is 0.497 e. The Morgan fingerprint density at radius 3 is 2.59 bits per heavy atom. The van der Waals surface area contributed by atoms with Crippen LogP contribution in [-0.2, 0) is 17.7 Å². The van der Waals surface area contributed by atoms with Gasteiger partial charge in [-0.05, 0) is 43.2 Å². The van der Waals surface area contributed by atoms with Crippen molar-refractivity contribution in [3.63, 3.8) is 0 Å². The molecule has 2 aliphatic heterocycles. The fourth-order valence-corrected chi connectivity index (χ4v) is 4.89. The molecule has 2 aromatic carbocycles. The number of ketones is 1. The summed E-state index contributed by atoms with van der Waals surface area (Å²) in [5, 5.41) is 1.07. The summed E-state index contributed by atoms with van der Waals surface area (Å²) in [6.45, 7) is 6.58. The molecule has 3 heterocycles. The van der Waals surface area contributed by atoms with Gasteiger partial charge in [0.15, 0.2) is 5.78 Å². The van der Waals surface area contributed by atoms with Crippen molar-refractivity contribution >= 4 is 16.7 Å². The second-order valence-electron chi connectivity index (χ2n) is 7.95. The summed E-state index contributed by atoms with van der Waals surface area (Å²) in [6.07, 6.45) is 1.02. The number of carbonyl (C=O) groups is 1. The van der Waals surface area contributed by atoms with E-state index in [4.69, 9.17) is 9.47 Å². The smallest absolute Gasteiger partial charge is 0.195 e. The van der Waals surface area contributed by atoms with Crippen LogP contribution in [0.1, 0.15) is 27.2 Å². The van der Waals surface area contributed by atoms with Crippen molar-refractivity contribution in [2.45, 2.75) is 25.9 Å². The van der Waals surface area contributed by atoms with Gasteiger partial charge in [-0.2, -0.15) is 0 Å². The first-order valence-corrected chi connectivity index (χ1v) is 10.3. The van der Waals surface area contributed by atoms with E-state index in [1.54, 1.807) is 7.11 Å². The Labute approximate surface area is 170 Å². The number of carbonyl (C=O) groups excluding carboxylic acids is 1. The number of benzene rings is 2. The third kappa shape index (κ3) is 3.05. The van der Waals surface area contributed by atoms with Crippen LogP contribution in [0.4, 0.5) is 0 Å². The molecule has 0 saturated carbocycles. The fourth-order valence-electron chi connectivity index (χ4n) is 4.89. The van der Waals surface area contributed by atoms with Crippen LogP contribution in [0.25, 0.3) is 10.9 Å². The average Bonchev–Trinajstić information content (AvgIpc) is 3.07. The van der Waals surface area contributed by atoms with Crippen LogP contribution in [0, 0.1) is 6.92 Å². The Balaban J connectivity index is 1.56. The summed E-state index contributed by atoms with van der Waals surface area (Å²) in [5.41, 5.74) is 5.15. The van der Waals surface area contributed by atoms with E-state index in [9.17, 15) is 4.79 Å². The van der Waals surface area contributed by atoms with E-state index in [-0.39, 0.29) is 5.78 Å². The summed E-state index contributed by atoms with van der Waals surface area (Å²) >= 11 is 0. The lowest BCUT2D eigenvalue weighted by Crippen LogP contribution is -2.47. The first-order valence-electron chi connectivity index (χ1n) is 10.3. The topological polar surface area (TPSA) is 43.7 Å². The molecule has 5 nitrogen and oxygen atoms in total. The second-order valence-corrected chi connectivity index (χ2v) is 7.95. The van der Waals surface area contributed by atoms with E-state index >= 15 is 0 Å². The van der Waals surface area contributed by atoms with E-state index in [2.05, 4.69) is 34.6 Å². The van der Waals surface area contributed by atoms with Gasteiger partial charge in [-0.15, -0.1) is 0 Å². The molecule has 29 heavy (non-hydrogen) atoms. The van der Waals surface area contributed by atoms with Crippen LogP contribution < -0.4 is 4.74 Å². The van der Waals surface area contributed by atoms with Gasteiger partial charge in [-0.3, -0.25) is 9.69 Å². The highest BCUT2D eigenvalue weighted by molar-refractivity contribution is 6.18. The van der Waals surface area contributed by atoms with Crippen LogP contribution in [0.15, 0.2) is 42.5 Å². The fraction of sp³-hybridized carbons (Fsp3) is 0.375. The summed E-state index contributed by atoms with van der Waals surface area (Å²) in [6, 6.07) is 14.2. The molecule has 5 heteroatoms. The summed E-state index contributed by atoms with van der Waals surface area (Å²) in [7, 11) is 1.64. The van der Waals surface area contributed by atoms with Crippen molar-refractivity contribution in [2.24, 2.45) is 0 Å². The molecule has 1 saturated heterocycles. The molecule has 5 rings (SSSR count). The molecular weight excluding hydrogens is 364 g/mol. The SMILES string of the molecule is COc1ccc(C(=O)c2c(C)n3c4c(cccc24)C[C@H](N2CCOCC2)C3)cc1. The van der Waals surface area contributed by atoms with Crippen molar-refractivity contribution in [2.75, 3.05) is 33.4 Å². The van der Waals surface area contributed by atoms with Crippen molar-refractivity contribution in [3.05, 3.63) is 64.8 Å². The van der Waals surface area contributed by atoms with Gasteiger partial charge in [0, 0.05) is 42.3 Å². The van der Waals surface area contributed by atoms with Gasteiger partial charge in [-0.1, -0.05) is 18.2 Å². The van der Waals surface area contributed by atoms with Gasteiger partial charge in [0.2, 0.25) is 0 Å². The molecule has 0 amide bonds. The molecule has 2 aliphatic rings. The number of rotatable bonds is 4. The quantitative estimate of drug-likeness (QED) is 0.640. The maximum atomic E-state index is 13.4. The molecular formula is C24H26N2O3. The van der Waals surface area contributed by atoms with E-state index in [1.807, 2.05) is 24.3 Å². The molecule has 150 valence electrons. The van der Waals surface area contributed by atoms with Gasteiger partial charge >= 0.3 is 0 Å². The normalized spacial score (nSPS) is 19.4. The highest BCUT2D eigenvalue weighted by Crippen LogP contribution is 2.35. The van der Waals surface area contributed by atoms with Gasteiger partial charge in [0.25, 0.3) is 0 Å². The monoisotopic (exact) mass is 390 g/mol. The zero-order valence-corrected chi connectivity index (χ0v) is 17.0. The number of nitrogens with zero attached hydrogens (tertiary/aromatic N) is 2. The third-order valence-corrected chi connectivity index (χ3v) is 6.42. The van der Waals surface area contributed by atoms with Gasteiger partial charge in [0.1, 0.15) is 5.75 Å². The number of methoxy groups -OCH3 is 1. The first kappa shape index (κ1) is 18.4. The van der Waals surface area contributed by atoms with Gasteiger partial charge < -0.3 is 14.0 Å². The molecule has 0 bridgehead atoms. The van der Waals surface area contributed by atoms with Gasteiger partial charge in [-0.25, -0.2) is 0 Å². The summed E-state index contributed by atoms with van der Waals surface area (Å²) in [4.78, 5) is 16.0. The molecule has 0 N–H and O–H groups in total. The molecule has 0 aliphatic carbocycles. The van der Waals surface area contributed by atoms with Crippen LogP contribution in [0.2, 0.25) is 0 Å². The Morgan fingerprint density at radius 1 is 1.10 bits per heavy atom. The van der Waals surface area contributed by atoms with E-state index in [0.29, 0.717) is 11.6 Å². The van der Waals surface area contributed by atoms with Crippen LogP contribution in [-0.4, -0.2) is 54.7 Å². The van der Waals surface area contributed by atoms with Crippen molar-refractivity contribution in [3.8, 4) is 5.75 Å². The predicted molar refractivity (Wildman–Crippen MR) is 113 cm³/mol. The lowest BCUT2D eigenvalue weighted by molar-refractivity contribution is 0.0123. The lowest BCUT2D eigenvalue weighted by atomic mass is 9.96. The minimum Gasteiger partial charge on any atom is -0.497 e. The van der Waals surface area contributed by atoms with Crippen molar-refractivity contribution in [1.29, 1.82) is 0 Å². The summed E-state index contributed by atoms with van der Waals surface area (Å²) < 4.78 is 13.1. The molecule has 1 atom stereocenters. The first-order chi connectivity index (χ1) is 14.2. The summed E-state index contributed by atoms with van der Waals surface area (Å²) in [5.74, 6) is 0.838. The van der Waals surface area contributed by atoms with Gasteiger partial charge in [0.05, 0.1) is 31.4 Å². The maximum Gasteiger partial charge on any atom is 0.195 e. The Bertz CT molecular complexity index is 1060. The van der Waals surface area contributed by atoms with E-state index in [1.165, 1.54) is 11.1 Å². The van der Waals surface area contributed by atoms with Crippen molar-refractivity contribution in [1.82, 2.24) is 9.47 Å². The number of ether oxygens (including phenoxy) is 2. The molecule has 0 spiro atoms. The number of hydrogen-bond acceptors (Lipinski definition) is 4. The van der Waals surface area contributed by atoms with E-state index in [0.717, 1.165) is 61.7 Å². The number of hydrogen-bond donors (Lipinski definition) is 0. The number of morpholine rings is 1. The zero-order valence-electron chi connectivity index (χ0n) is 17.0. The lowest BCUT2D eigenvalue weighted by Gasteiger charge is -2.37. The molecule has 1 fully saturated rings. The molecule has 3 aromatic rings. The number of para-hydroxylation sites is 1. The molecule has 0 unspecified atom stereocenters. The number of aromatic nitrogens is 1. The van der Waals surface area contributed by atoms with Crippen molar-refractivity contribution < 1.29 is 14.3 Å². The predicted octanol–water partition coefficient (Wildman–Crippen LogP) is 3.45. The Hall–Kier alpha value is -2.63.